The first-order valence-electron chi connectivity index (χ1n) is 7.64. The van der Waals surface area contributed by atoms with E-state index in [2.05, 4.69) is 15.2 Å². The van der Waals surface area contributed by atoms with Gasteiger partial charge in [0, 0.05) is 26.2 Å². The van der Waals surface area contributed by atoms with Crippen molar-refractivity contribution in [1.29, 1.82) is 0 Å². The number of fused-ring (bicyclic) bond motifs is 1. The Labute approximate surface area is 125 Å². The van der Waals surface area contributed by atoms with Gasteiger partial charge >= 0.3 is 0 Å². The summed E-state index contributed by atoms with van der Waals surface area (Å²) in [5.41, 5.74) is 1.79. The molecular formula is C16H23N3O2. The van der Waals surface area contributed by atoms with Crippen LogP contribution in [0, 0.1) is 0 Å². The molecule has 1 aromatic heterocycles. The molecule has 0 aliphatic carbocycles. The van der Waals surface area contributed by atoms with Gasteiger partial charge in [0.1, 0.15) is 5.52 Å². The molecule has 0 amide bonds. The maximum absolute atomic E-state index is 5.83. The van der Waals surface area contributed by atoms with Gasteiger partial charge in [0.25, 0.3) is 0 Å². The summed E-state index contributed by atoms with van der Waals surface area (Å²) in [5.74, 6) is 0.783. The summed E-state index contributed by atoms with van der Waals surface area (Å²) in [4.78, 5) is 6.92. The van der Waals surface area contributed by atoms with E-state index in [-0.39, 0.29) is 0 Å². The Balaban J connectivity index is 1.66. The van der Waals surface area contributed by atoms with E-state index < -0.39 is 0 Å². The van der Waals surface area contributed by atoms with Crippen molar-refractivity contribution in [2.45, 2.75) is 25.4 Å². The van der Waals surface area contributed by atoms with Gasteiger partial charge in [-0.2, -0.15) is 0 Å². The van der Waals surface area contributed by atoms with Crippen LogP contribution in [0.4, 0.5) is 0 Å². The van der Waals surface area contributed by atoms with Crippen molar-refractivity contribution >= 4 is 11.1 Å². The minimum atomic E-state index is 0.575. The second-order valence-corrected chi connectivity index (χ2v) is 5.60. The third kappa shape index (κ3) is 3.81. The van der Waals surface area contributed by atoms with Crippen LogP contribution in [0.5, 0.6) is 0 Å². The van der Waals surface area contributed by atoms with Crippen molar-refractivity contribution < 1.29 is 9.15 Å². The van der Waals surface area contributed by atoms with E-state index in [1.54, 1.807) is 7.11 Å². The number of nitrogens with zero attached hydrogens (tertiary/aromatic N) is 2. The lowest BCUT2D eigenvalue weighted by atomic mass is 10.2. The predicted octanol–water partition coefficient (Wildman–Crippen LogP) is 2.03. The fourth-order valence-electron chi connectivity index (χ4n) is 2.86. The Bertz CT molecular complexity index is 530. The number of hydrogen-bond acceptors (Lipinski definition) is 5. The van der Waals surface area contributed by atoms with Gasteiger partial charge in [0.15, 0.2) is 5.58 Å². The molecule has 2 aromatic rings. The first-order chi connectivity index (χ1) is 10.3. The minimum Gasteiger partial charge on any atom is -0.439 e. The first-order valence-corrected chi connectivity index (χ1v) is 7.64. The number of benzene rings is 1. The Hall–Kier alpha value is -1.43. The van der Waals surface area contributed by atoms with Crippen LogP contribution in [0.15, 0.2) is 28.7 Å². The molecule has 1 N–H and O–H groups in total. The van der Waals surface area contributed by atoms with Gasteiger partial charge in [0.05, 0.1) is 13.2 Å². The van der Waals surface area contributed by atoms with Crippen LogP contribution in [0.25, 0.3) is 11.1 Å². The van der Waals surface area contributed by atoms with Gasteiger partial charge in [0.2, 0.25) is 5.89 Å². The molecule has 5 nitrogen and oxygen atoms in total. The Morgan fingerprint density at radius 1 is 1.43 bits per heavy atom. The van der Waals surface area contributed by atoms with Crippen molar-refractivity contribution in [3.05, 3.63) is 30.2 Å². The summed E-state index contributed by atoms with van der Waals surface area (Å²) in [6.07, 6.45) is 2.52. The molecule has 1 aliphatic rings. The monoisotopic (exact) mass is 289 g/mol. The molecule has 5 heteroatoms. The van der Waals surface area contributed by atoms with Crippen molar-refractivity contribution in [3.8, 4) is 0 Å². The van der Waals surface area contributed by atoms with Crippen LogP contribution in [-0.2, 0) is 11.3 Å². The Kier molecular flexibility index (Phi) is 4.85. The molecule has 2 heterocycles. The van der Waals surface area contributed by atoms with E-state index in [9.17, 15) is 0 Å². The van der Waals surface area contributed by atoms with Crippen LogP contribution in [0.3, 0.4) is 0 Å². The number of hydrogen-bond donors (Lipinski definition) is 1. The number of nitrogens with one attached hydrogen (secondary N) is 1. The highest BCUT2D eigenvalue weighted by Crippen LogP contribution is 2.16. The highest BCUT2D eigenvalue weighted by molar-refractivity contribution is 5.72. The van der Waals surface area contributed by atoms with Gasteiger partial charge < -0.3 is 14.5 Å². The average molecular weight is 289 g/mol. The largest absolute Gasteiger partial charge is 0.439 e. The van der Waals surface area contributed by atoms with E-state index in [1.807, 2.05) is 24.3 Å². The SMILES string of the molecule is COCCN(Cc1nc2ccccc2o1)CC1CCCN1. The molecule has 1 aromatic carbocycles. The van der Waals surface area contributed by atoms with Crippen molar-refractivity contribution in [3.63, 3.8) is 0 Å². The summed E-state index contributed by atoms with van der Waals surface area (Å²) in [5, 5.41) is 3.54. The fraction of sp³-hybridized carbons (Fsp3) is 0.562. The second-order valence-electron chi connectivity index (χ2n) is 5.60. The molecule has 0 radical (unpaired) electrons. The summed E-state index contributed by atoms with van der Waals surface area (Å²) < 4.78 is 11.0. The predicted molar refractivity (Wildman–Crippen MR) is 82.2 cm³/mol. The molecule has 1 atom stereocenters. The van der Waals surface area contributed by atoms with E-state index >= 15 is 0 Å². The van der Waals surface area contributed by atoms with Crippen LogP contribution < -0.4 is 5.32 Å². The standard InChI is InChI=1S/C16H23N3O2/c1-20-10-9-19(11-13-5-4-8-17-13)12-16-18-14-6-2-3-7-15(14)21-16/h2-3,6-7,13,17H,4-5,8-12H2,1H3. The van der Waals surface area contributed by atoms with Crippen molar-refractivity contribution in [2.24, 2.45) is 0 Å². The zero-order valence-electron chi connectivity index (χ0n) is 12.5. The molecule has 1 aliphatic heterocycles. The summed E-state index contributed by atoms with van der Waals surface area (Å²) in [6.45, 7) is 4.50. The molecule has 0 spiro atoms. The maximum atomic E-state index is 5.83. The quantitative estimate of drug-likeness (QED) is 0.845. The molecule has 1 fully saturated rings. The lowest BCUT2D eigenvalue weighted by molar-refractivity contribution is 0.132. The van der Waals surface area contributed by atoms with Crippen molar-refractivity contribution in [2.75, 3.05) is 33.4 Å². The zero-order chi connectivity index (χ0) is 14.5. The van der Waals surface area contributed by atoms with Crippen LogP contribution in [0.1, 0.15) is 18.7 Å². The normalized spacial score (nSPS) is 18.9. The summed E-state index contributed by atoms with van der Waals surface area (Å²) >= 11 is 0. The van der Waals surface area contributed by atoms with E-state index in [0.717, 1.165) is 49.8 Å². The fourth-order valence-corrected chi connectivity index (χ4v) is 2.86. The van der Waals surface area contributed by atoms with Gasteiger partial charge in [-0.1, -0.05) is 12.1 Å². The number of ether oxygens (including phenoxy) is 1. The number of methoxy groups -OCH3 is 1. The number of aromatic nitrogens is 1. The van der Waals surface area contributed by atoms with Gasteiger partial charge in [-0.05, 0) is 31.5 Å². The Morgan fingerprint density at radius 2 is 2.33 bits per heavy atom. The van der Waals surface area contributed by atoms with E-state index in [4.69, 9.17) is 9.15 Å². The molecular weight excluding hydrogens is 266 g/mol. The lowest BCUT2D eigenvalue weighted by Gasteiger charge is -2.23. The summed E-state index contributed by atoms with van der Waals surface area (Å²) in [6, 6.07) is 8.48. The third-order valence-electron chi connectivity index (χ3n) is 3.95. The molecule has 1 saturated heterocycles. The lowest BCUT2D eigenvalue weighted by Crippen LogP contribution is -2.38. The second kappa shape index (κ2) is 7.02. The molecule has 0 saturated carbocycles. The highest BCUT2D eigenvalue weighted by atomic mass is 16.5. The number of oxazole rings is 1. The smallest absolute Gasteiger partial charge is 0.209 e. The third-order valence-corrected chi connectivity index (χ3v) is 3.95. The minimum absolute atomic E-state index is 0.575. The van der Waals surface area contributed by atoms with Crippen LogP contribution >= 0.6 is 0 Å². The molecule has 114 valence electrons. The van der Waals surface area contributed by atoms with E-state index in [0.29, 0.717) is 6.04 Å². The van der Waals surface area contributed by atoms with Crippen LogP contribution in [-0.4, -0.2) is 49.3 Å². The topological polar surface area (TPSA) is 50.5 Å². The van der Waals surface area contributed by atoms with Crippen LogP contribution in [0.2, 0.25) is 0 Å². The average Bonchev–Trinajstić information content (AvgIpc) is 3.13. The number of para-hydroxylation sites is 2. The molecule has 0 bridgehead atoms. The van der Waals surface area contributed by atoms with Crippen molar-refractivity contribution in [1.82, 2.24) is 15.2 Å². The van der Waals surface area contributed by atoms with Gasteiger partial charge in [-0.15, -0.1) is 0 Å². The number of rotatable bonds is 7. The molecule has 21 heavy (non-hydrogen) atoms. The summed E-state index contributed by atoms with van der Waals surface area (Å²) in [7, 11) is 1.74. The molecule has 1 unspecified atom stereocenters. The highest BCUT2D eigenvalue weighted by Gasteiger charge is 2.19. The molecule has 3 rings (SSSR count). The zero-order valence-corrected chi connectivity index (χ0v) is 12.5. The van der Waals surface area contributed by atoms with Gasteiger partial charge in [-0.3, -0.25) is 4.90 Å². The first kappa shape index (κ1) is 14.5. The Morgan fingerprint density at radius 3 is 3.10 bits per heavy atom. The van der Waals surface area contributed by atoms with Gasteiger partial charge in [-0.25, -0.2) is 4.98 Å². The maximum Gasteiger partial charge on any atom is 0.209 e. The van der Waals surface area contributed by atoms with E-state index in [1.165, 1.54) is 12.8 Å².